The average Bonchev–Trinajstić information content (AvgIpc) is 3.49. The molecule has 3 aromatic rings. The molecule has 2 aliphatic rings. The van der Waals surface area contributed by atoms with Crippen molar-refractivity contribution < 1.29 is 22.1 Å². The van der Waals surface area contributed by atoms with Gasteiger partial charge in [-0.25, -0.2) is 17.8 Å². The van der Waals surface area contributed by atoms with Crippen molar-refractivity contribution in [1.29, 1.82) is 0 Å². The van der Waals surface area contributed by atoms with Gasteiger partial charge >= 0.3 is 0 Å². The molecule has 1 amide bonds. The van der Waals surface area contributed by atoms with Gasteiger partial charge in [-0.15, -0.1) is 0 Å². The number of rotatable bonds is 7. The summed E-state index contributed by atoms with van der Waals surface area (Å²) in [5.74, 6) is 0.0209. The smallest absolute Gasteiger partial charge is 0.257 e. The number of nitrogens with zero attached hydrogens (tertiary/aromatic N) is 4. The van der Waals surface area contributed by atoms with E-state index in [0.29, 0.717) is 55.3 Å². The molecule has 1 unspecified atom stereocenters. The summed E-state index contributed by atoms with van der Waals surface area (Å²) in [6.07, 6.45) is 10.2. The van der Waals surface area contributed by atoms with Gasteiger partial charge in [0.1, 0.15) is 23.2 Å². The van der Waals surface area contributed by atoms with Crippen LogP contribution in [0.5, 0.6) is 0 Å². The Kier molecular flexibility index (Phi) is 8.34. The molecule has 2 aromatic heterocycles. The molecular formula is C27H37FN6O4S. The number of benzene rings is 1. The van der Waals surface area contributed by atoms with Crippen LogP contribution in [0.1, 0.15) is 78.4 Å². The number of nitrogens with one attached hydrogen (secondary N) is 2. The molecule has 3 heterocycles. The highest BCUT2D eigenvalue weighted by Gasteiger charge is 2.30. The third kappa shape index (κ3) is 6.50. The first-order valence-corrected chi connectivity index (χ1v) is 15.6. The summed E-state index contributed by atoms with van der Waals surface area (Å²) in [6.45, 7) is 4.24. The average molecular weight is 561 g/mol. The lowest BCUT2D eigenvalue weighted by Gasteiger charge is -2.33. The van der Waals surface area contributed by atoms with Gasteiger partial charge in [-0.05, 0) is 43.4 Å². The summed E-state index contributed by atoms with van der Waals surface area (Å²) in [6, 6.07) is 3.00. The molecule has 0 radical (unpaired) electrons. The maximum Gasteiger partial charge on any atom is 0.257 e. The molecule has 1 aliphatic carbocycles. The molecule has 0 bridgehead atoms. The minimum atomic E-state index is -3.21. The van der Waals surface area contributed by atoms with E-state index in [0.717, 1.165) is 31.2 Å². The molecule has 1 aliphatic heterocycles. The third-order valence-corrected chi connectivity index (χ3v) is 9.32. The van der Waals surface area contributed by atoms with Gasteiger partial charge in [0.25, 0.3) is 5.91 Å². The second kappa shape index (κ2) is 11.7. The molecular weight excluding hydrogens is 523 g/mol. The highest BCUT2D eigenvalue weighted by Crippen LogP contribution is 2.34. The van der Waals surface area contributed by atoms with Crippen LogP contribution in [-0.4, -0.2) is 71.1 Å². The first-order valence-electron chi connectivity index (χ1n) is 13.8. The Hall–Kier alpha value is -2.83. The zero-order valence-electron chi connectivity index (χ0n) is 22.6. The highest BCUT2D eigenvalue weighted by molar-refractivity contribution is 7.88. The monoisotopic (exact) mass is 560 g/mol. The molecule has 5 rings (SSSR count). The van der Waals surface area contributed by atoms with Crippen molar-refractivity contribution in [3.05, 3.63) is 46.9 Å². The summed E-state index contributed by atoms with van der Waals surface area (Å²) in [5, 5.41) is 6.99. The predicted octanol–water partition coefficient (Wildman–Crippen LogP) is 3.91. The summed E-state index contributed by atoms with van der Waals surface area (Å²) in [5.41, 5.74) is 2.52. The van der Waals surface area contributed by atoms with Crippen molar-refractivity contribution in [2.24, 2.45) is 5.92 Å². The molecule has 2 N–H and O–H groups in total. The Morgan fingerprint density at radius 2 is 1.85 bits per heavy atom. The van der Waals surface area contributed by atoms with Gasteiger partial charge in [-0.1, -0.05) is 37.3 Å². The number of halogens is 1. The maximum atomic E-state index is 15.3. The van der Waals surface area contributed by atoms with Crippen molar-refractivity contribution in [2.75, 3.05) is 32.4 Å². The number of fused-ring (bicyclic) bond motifs is 1. The second-order valence-electron chi connectivity index (χ2n) is 10.9. The van der Waals surface area contributed by atoms with Crippen LogP contribution in [0.3, 0.4) is 0 Å². The normalized spacial score (nSPS) is 19.6. The molecule has 1 saturated heterocycles. The molecule has 0 spiro atoms. The standard InChI is InChI=1S/C27H37FN6O4S/c1-18-21(17-38-32-18)27(35)31-24(20-8-6-4-3-5-7-9-20)26-29-23-15-19(14-22(28)25(23)30-26)16-33-10-12-34(13-11-33)39(2,36)37/h14-15,17,20,24H,3-13,16H2,1-2H3,(H,29,30)(H,31,35). The minimum Gasteiger partial charge on any atom is -0.364 e. The number of aryl methyl sites for hydroxylation is 1. The molecule has 212 valence electrons. The van der Waals surface area contributed by atoms with Crippen LogP contribution in [0.2, 0.25) is 0 Å². The Labute approximate surface area is 228 Å². The second-order valence-corrected chi connectivity index (χ2v) is 12.9. The number of aromatic amines is 1. The highest BCUT2D eigenvalue weighted by atomic mass is 32.2. The first kappa shape index (κ1) is 27.7. The zero-order valence-corrected chi connectivity index (χ0v) is 23.4. The van der Waals surface area contributed by atoms with E-state index in [9.17, 15) is 13.2 Å². The summed E-state index contributed by atoms with van der Waals surface area (Å²) in [4.78, 5) is 23.3. The van der Waals surface area contributed by atoms with Crippen LogP contribution in [0.25, 0.3) is 11.0 Å². The number of H-pyrrole nitrogens is 1. The molecule has 39 heavy (non-hydrogen) atoms. The van der Waals surface area contributed by atoms with Gasteiger partial charge < -0.3 is 14.8 Å². The van der Waals surface area contributed by atoms with E-state index in [2.05, 4.69) is 25.3 Å². The van der Waals surface area contributed by atoms with Crippen LogP contribution in [0, 0.1) is 18.7 Å². The van der Waals surface area contributed by atoms with E-state index in [1.54, 1.807) is 6.92 Å². The number of sulfonamides is 1. The van der Waals surface area contributed by atoms with Crippen LogP contribution in [-0.2, 0) is 16.6 Å². The lowest BCUT2D eigenvalue weighted by atomic mass is 9.85. The van der Waals surface area contributed by atoms with E-state index >= 15 is 4.39 Å². The minimum absolute atomic E-state index is 0.170. The van der Waals surface area contributed by atoms with Gasteiger partial charge in [0.2, 0.25) is 10.0 Å². The maximum absolute atomic E-state index is 15.3. The van der Waals surface area contributed by atoms with Gasteiger partial charge in [0, 0.05) is 32.7 Å². The van der Waals surface area contributed by atoms with E-state index in [-0.39, 0.29) is 17.3 Å². The molecule has 1 saturated carbocycles. The van der Waals surface area contributed by atoms with E-state index in [1.165, 1.54) is 42.2 Å². The zero-order chi connectivity index (χ0) is 27.6. The van der Waals surface area contributed by atoms with Crippen molar-refractivity contribution in [2.45, 2.75) is 64.5 Å². The summed E-state index contributed by atoms with van der Waals surface area (Å²) >= 11 is 0. The van der Waals surface area contributed by atoms with Crippen LogP contribution in [0.4, 0.5) is 4.39 Å². The number of imidazole rings is 1. The fraction of sp³-hybridized carbons (Fsp3) is 0.593. The summed E-state index contributed by atoms with van der Waals surface area (Å²) in [7, 11) is -3.21. The Bertz CT molecular complexity index is 1400. The van der Waals surface area contributed by atoms with E-state index in [4.69, 9.17) is 4.52 Å². The van der Waals surface area contributed by atoms with Gasteiger partial charge in [0.05, 0.1) is 23.5 Å². The number of hydrogen-bond acceptors (Lipinski definition) is 7. The van der Waals surface area contributed by atoms with Crippen molar-refractivity contribution in [3.8, 4) is 0 Å². The number of amides is 1. The summed E-state index contributed by atoms with van der Waals surface area (Å²) < 4.78 is 45.4. The molecule has 12 heteroatoms. The number of carbonyl (C=O) groups is 1. The fourth-order valence-corrected chi connectivity index (χ4v) is 6.65. The van der Waals surface area contributed by atoms with Crippen LogP contribution >= 0.6 is 0 Å². The van der Waals surface area contributed by atoms with Gasteiger partial charge in [-0.3, -0.25) is 9.69 Å². The third-order valence-electron chi connectivity index (χ3n) is 8.02. The van der Waals surface area contributed by atoms with E-state index in [1.807, 2.05) is 6.07 Å². The SMILES string of the molecule is Cc1nocc1C(=O)NC(c1nc2c(F)cc(CN3CCN(S(C)(=O)=O)CC3)cc2[nH]1)C1CCCCCCC1. The van der Waals surface area contributed by atoms with Crippen LogP contribution in [0.15, 0.2) is 22.9 Å². The van der Waals surface area contributed by atoms with Crippen molar-refractivity contribution in [1.82, 2.24) is 29.6 Å². The van der Waals surface area contributed by atoms with Gasteiger partial charge in [-0.2, -0.15) is 4.31 Å². The number of piperazine rings is 1. The Balaban J connectivity index is 1.39. The predicted molar refractivity (Wildman–Crippen MR) is 145 cm³/mol. The topological polar surface area (TPSA) is 124 Å². The molecule has 1 atom stereocenters. The largest absolute Gasteiger partial charge is 0.364 e. The van der Waals surface area contributed by atoms with Crippen molar-refractivity contribution in [3.63, 3.8) is 0 Å². The first-order chi connectivity index (χ1) is 18.7. The lowest BCUT2D eigenvalue weighted by molar-refractivity contribution is 0.0911. The molecule has 10 nitrogen and oxygen atoms in total. The number of aromatic nitrogens is 3. The van der Waals surface area contributed by atoms with E-state index < -0.39 is 21.9 Å². The van der Waals surface area contributed by atoms with Gasteiger partial charge in [0.15, 0.2) is 5.82 Å². The quantitative estimate of drug-likeness (QED) is 0.449. The lowest BCUT2D eigenvalue weighted by Crippen LogP contribution is -2.47. The fourth-order valence-electron chi connectivity index (χ4n) is 5.83. The molecule has 1 aromatic carbocycles. The van der Waals surface area contributed by atoms with Crippen LogP contribution < -0.4 is 5.32 Å². The number of hydrogen-bond donors (Lipinski definition) is 2. The van der Waals surface area contributed by atoms with Crippen molar-refractivity contribution >= 4 is 27.0 Å². The molecule has 2 fully saturated rings. The number of carbonyl (C=O) groups excluding carboxylic acids is 1. The Morgan fingerprint density at radius 1 is 1.15 bits per heavy atom. The Morgan fingerprint density at radius 3 is 2.49 bits per heavy atom.